The monoisotopic (exact) mass is 204 g/mol. The van der Waals surface area contributed by atoms with E-state index in [9.17, 15) is 18.0 Å². The number of hydrogen-bond acceptors (Lipinski definition) is 1. The first kappa shape index (κ1) is 10.6. The lowest BCUT2D eigenvalue weighted by molar-refractivity contribution is 0.0686. The normalized spacial score (nSPS) is 10.3. The summed E-state index contributed by atoms with van der Waals surface area (Å²) >= 11 is 0. The molecule has 14 heavy (non-hydrogen) atoms. The second kappa shape index (κ2) is 3.69. The summed E-state index contributed by atoms with van der Waals surface area (Å²) in [5.74, 6) is -5.54. The van der Waals surface area contributed by atoms with Gasteiger partial charge in [0.05, 0.1) is 0 Å². The van der Waals surface area contributed by atoms with Crippen molar-refractivity contribution in [3.63, 3.8) is 0 Å². The molecule has 0 aliphatic heterocycles. The van der Waals surface area contributed by atoms with Crippen LogP contribution in [0.25, 0.3) is 0 Å². The summed E-state index contributed by atoms with van der Waals surface area (Å²) in [6.45, 7) is 1.45. The number of carboxylic acids is 1. The summed E-state index contributed by atoms with van der Waals surface area (Å²) in [5, 5.41) is 8.45. The van der Waals surface area contributed by atoms with Crippen molar-refractivity contribution in [1.29, 1.82) is 0 Å². The third kappa shape index (κ3) is 1.57. The van der Waals surface area contributed by atoms with Gasteiger partial charge in [-0.1, -0.05) is 6.92 Å². The van der Waals surface area contributed by atoms with Gasteiger partial charge in [0, 0.05) is 11.6 Å². The van der Waals surface area contributed by atoms with Crippen LogP contribution < -0.4 is 0 Å². The Morgan fingerprint density at radius 3 is 2.36 bits per heavy atom. The fraction of sp³-hybridized carbons (Fsp3) is 0.222. The molecule has 0 saturated heterocycles. The molecule has 0 spiro atoms. The van der Waals surface area contributed by atoms with Gasteiger partial charge in [-0.15, -0.1) is 0 Å². The quantitative estimate of drug-likeness (QED) is 0.802. The van der Waals surface area contributed by atoms with Crippen molar-refractivity contribution in [2.24, 2.45) is 0 Å². The summed E-state index contributed by atoms with van der Waals surface area (Å²) in [6, 6.07) is 0.380. The van der Waals surface area contributed by atoms with E-state index in [1.165, 1.54) is 6.92 Å². The number of carboxylic acid groups (broad SMARTS) is 1. The molecule has 1 aromatic rings. The topological polar surface area (TPSA) is 37.3 Å². The van der Waals surface area contributed by atoms with E-state index in [1.807, 2.05) is 0 Å². The molecule has 1 aromatic carbocycles. The van der Waals surface area contributed by atoms with Crippen LogP contribution in [0.15, 0.2) is 6.07 Å². The average Bonchev–Trinajstić information content (AvgIpc) is 2.02. The SMILES string of the molecule is CCc1c(F)cc(F)c(C(=O)O)c1F. The molecule has 0 saturated carbocycles. The molecule has 0 aliphatic carbocycles. The van der Waals surface area contributed by atoms with Crippen LogP contribution in [0.4, 0.5) is 13.2 Å². The number of halogens is 3. The molecule has 0 unspecified atom stereocenters. The van der Waals surface area contributed by atoms with E-state index in [4.69, 9.17) is 5.11 Å². The lowest BCUT2D eigenvalue weighted by Crippen LogP contribution is -2.09. The highest BCUT2D eigenvalue weighted by Gasteiger charge is 2.22. The summed E-state index contributed by atoms with van der Waals surface area (Å²) in [4.78, 5) is 10.4. The molecule has 5 heteroatoms. The van der Waals surface area contributed by atoms with Crippen molar-refractivity contribution in [3.8, 4) is 0 Å². The lowest BCUT2D eigenvalue weighted by atomic mass is 10.1. The van der Waals surface area contributed by atoms with Crippen molar-refractivity contribution in [1.82, 2.24) is 0 Å². The summed E-state index contributed by atoms with van der Waals surface area (Å²) in [6.07, 6.45) is -0.0295. The van der Waals surface area contributed by atoms with Gasteiger partial charge in [0.25, 0.3) is 0 Å². The van der Waals surface area contributed by atoms with Gasteiger partial charge in [-0.25, -0.2) is 18.0 Å². The summed E-state index contributed by atoms with van der Waals surface area (Å²) in [7, 11) is 0. The van der Waals surface area contributed by atoms with Gasteiger partial charge in [-0.3, -0.25) is 0 Å². The van der Waals surface area contributed by atoms with E-state index >= 15 is 0 Å². The molecule has 76 valence electrons. The zero-order chi connectivity index (χ0) is 10.9. The van der Waals surface area contributed by atoms with Gasteiger partial charge in [-0.2, -0.15) is 0 Å². The Kier molecular flexibility index (Phi) is 2.78. The zero-order valence-corrected chi connectivity index (χ0v) is 7.27. The first-order chi connectivity index (χ1) is 6.49. The molecule has 0 amide bonds. The van der Waals surface area contributed by atoms with Crippen molar-refractivity contribution < 1.29 is 23.1 Å². The number of carbonyl (C=O) groups is 1. The fourth-order valence-electron chi connectivity index (χ4n) is 1.15. The molecular weight excluding hydrogens is 197 g/mol. The smallest absolute Gasteiger partial charge is 0.341 e. The van der Waals surface area contributed by atoms with Crippen LogP contribution >= 0.6 is 0 Å². The highest BCUT2D eigenvalue weighted by Crippen LogP contribution is 2.20. The number of benzene rings is 1. The molecule has 0 radical (unpaired) electrons. The minimum Gasteiger partial charge on any atom is -0.477 e. The van der Waals surface area contributed by atoms with Crippen molar-refractivity contribution in [2.45, 2.75) is 13.3 Å². The zero-order valence-electron chi connectivity index (χ0n) is 7.27. The molecule has 0 aromatic heterocycles. The Morgan fingerprint density at radius 1 is 1.36 bits per heavy atom. The van der Waals surface area contributed by atoms with Crippen LogP contribution in [-0.4, -0.2) is 11.1 Å². The van der Waals surface area contributed by atoms with Gasteiger partial charge in [0.1, 0.15) is 23.0 Å². The van der Waals surface area contributed by atoms with E-state index in [0.717, 1.165) is 0 Å². The maximum absolute atomic E-state index is 13.2. The number of aromatic carboxylic acids is 1. The van der Waals surface area contributed by atoms with Gasteiger partial charge in [0.15, 0.2) is 0 Å². The van der Waals surface area contributed by atoms with Crippen molar-refractivity contribution >= 4 is 5.97 Å². The number of hydrogen-bond donors (Lipinski definition) is 1. The van der Waals surface area contributed by atoms with Gasteiger partial charge in [-0.05, 0) is 6.42 Å². The highest BCUT2D eigenvalue weighted by molar-refractivity contribution is 5.88. The Bertz CT molecular complexity index is 388. The van der Waals surface area contributed by atoms with Crippen LogP contribution in [0.1, 0.15) is 22.8 Å². The molecule has 0 heterocycles. The summed E-state index contributed by atoms with van der Waals surface area (Å²) < 4.78 is 38.9. The van der Waals surface area contributed by atoms with Gasteiger partial charge in [0.2, 0.25) is 0 Å². The van der Waals surface area contributed by atoms with Crippen LogP contribution in [0.5, 0.6) is 0 Å². The highest BCUT2D eigenvalue weighted by atomic mass is 19.1. The van der Waals surface area contributed by atoms with Crippen LogP contribution in [0.2, 0.25) is 0 Å². The third-order valence-corrected chi connectivity index (χ3v) is 1.83. The van der Waals surface area contributed by atoms with E-state index in [0.29, 0.717) is 6.07 Å². The Hall–Kier alpha value is -1.52. The lowest BCUT2D eigenvalue weighted by Gasteiger charge is -2.05. The van der Waals surface area contributed by atoms with Gasteiger partial charge >= 0.3 is 5.97 Å². The molecule has 0 atom stereocenters. The average molecular weight is 204 g/mol. The minimum atomic E-state index is -1.74. The van der Waals surface area contributed by atoms with Crippen molar-refractivity contribution in [3.05, 3.63) is 34.6 Å². The van der Waals surface area contributed by atoms with Crippen LogP contribution in [0, 0.1) is 17.5 Å². The molecule has 0 aliphatic rings. The van der Waals surface area contributed by atoms with E-state index in [2.05, 4.69) is 0 Å². The third-order valence-electron chi connectivity index (χ3n) is 1.83. The van der Waals surface area contributed by atoms with Crippen molar-refractivity contribution in [2.75, 3.05) is 0 Å². The molecule has 2 nitrogen and oxygen atoms in total. The first-order valence-corrected chi connectivity index (χ1v) is 3.88. The Morgan fingerprint density at radius 2 is 1.93 bits per heavy atom. The van der Waals surface area contributed by atoms with Crippen LogP contribution in [-0.2, 0) is 6.42 Å². The first-order valence-electron chi connectivity index (χ1n) is 3.88. The van der Waals surface area contributed by atoms with E-state index in [-0.39, 0.29) is 6.42 Å². The van der Waals surface area contributed by atoms with Gasteiger partial charge < -0.3 is 5.11 Å². The number of rotatable bonds is 2. The fourth-order valence-corrected chi connectivity index (χ4v) is 1.15. The Balaban J connectivity index is 3.52. The molecule has 0 fully saturated rings. The minimum absolute atomic E-state index is 0.0295. The Labute approximate surface area is 78.0 Å². The summed E-state index contributed by atoms with van der Waals surface area (Å²) in [5.41, 5.74) is -1.52. The second-order valence-electron chi connectivity index (χ2n) is 2.67. The molecule has 1 rings (SSSR count). The predicted octanol–water partition coefficient (Wildman–Crippen LogP) is 2.36. The van der Waals surface area contributed by atoms with E-state index < -0.39 is 34.5 Å². The maximum Gasteiger partial charge on any atom is 0.341 e. The largest absolute Gasteiger partial charge is 0.477 e. The molecule has 1 N–H and O–H groups in total. The molecule has 0 bridgehead atoms. The molecular formula is C9H7F3O2. The maximum atomic E-state index is 13.2. The predicted molar refractivity (Wildman–Crippen MR) is 42.7 cm³/mol. The second-order valence-corrected chi connectivity index (χ2v) is 2.67. The van der Waals surface area contributed by atoms with Crippen LogP contribution in [0.3, 0.4) is 0 Å². The standard InChI is InChI=1S/C9H7F3O2/c1-2-4-5(10)3-6(11)7(8(4)12)9(13)14/h3H,2H2,1H3,(H,13,14). The van der Waals surface area contributed by atoms with E-state index in [1.54, 1.807) is 0 Å².